The van der Waals surface area contributed by atoms with Gasteiger partial charge in [0, 0.05) is 0 Å². The largest absolute Gasteiger partial charge is 0.681 e. The average molecular weight is 389 g/mol. The van der Waals surface area contributed by atoms with Gasteiger partial charge in [-0.15, -0.1) is 0 Å². The molecule has 0 aromatic heterocycles. The van der Waals surface area contributed by atoms with Crippen LogP contribution in [0, 0.1) is 11.3 Å². The molecular formula is C19H30BN4O4. The standard InChI is InChI=1S/C19H30BN4O4/c21-11-14-6-9-19(12-22,10-7-14)8-2-4-15-3-1-5-16(18(25)26)17(15)27-20-28-24-13-23/h1,3,5,13-14H,2,4,6-12,21-22H2,(H2,23,24)(H,25,26). The molecule has 0 unspecified atom stereocenters. The molecule has 153 valence electrons. The maximum Gasteiger partial charge on any atom is 0.681 e. The molecule has 0 spiro atoms. The Kier molecular flexibility index (Phi) is 8.59. The molecule has 1 fully saturated rings. The molecule has 1 aromatic rings. The van der Waals surface area contributed by atoms with Crippen LogP contribution >= 0.6 is 0 Å². The summed E-state index contributed by atoms with van der Waals surface area (Å²) in [6, 6.07) is 5.08. The maximum atomic E-state index is 11.5. The highest BCUT2D eigenvalue weighted by Gasteiger charge is 2.33. The average Bonchev–Trinajstić information content (AvgIpc) is 2.72. The van der Waals surface area contributed by atoms with Crippen LogP contribution in [0.15, 0.2) is 23.4 Å². The molecule has 0 heterocycles. The highest BCUT2D eigenvalue weighted by atomic mass is 16.7. The Hall–Kier alpha value is -2.26. The molecule has 0 amide bonds. The summed E-state index contributed by atoms with van der Waals surface area (Å²) in [6.07, 6.45) is 8.00. The number of para-hydroxylation sites is 1. The van der Waals surface area contributed by atoms with Crippen LogP contribution in [0.1, 0.15) is 54.4 Å². The van der Waals surface area contributed by atoms with Crippen molar-refractivity contribution in [3.8, 4) is 5.75 Å². The maximum absolute atomic E-state index is 11.5. The molecule has 2 rings (SSSR count). The number of rotatable bonds is 11. The minimum atomic E-state index is -1.06. The van der Waals surface area contributed by atoms with Gasteiger partial charge < -0.3 is 31.7 Å². The van der Waals surface area contributed by atoms with Gasteiger partial charge in [0.2, 0.25) is 0 Å². The van der Waals surface area contributed by atoms with Crippen molar-refractivity contribution in [1.82, 2.24) is 0 Å². The Morgan fingerprint density at radius 1 is 1.36 bits per heavy atom. The first kappa shape index (κ1) is 22.0. The zero-order valence-corrected chi connectivity index (χ0v) is 16.2. The predicted octanol–water partition coefficient (Wildman–Crippen LogP) is 1.63. The molecule has 0 bridgehead atoms. The number of oxime groups is 1. The van der Waals surface area contributed by atoms with Gasteiger partial charge in [0.25, 0.3) is 0 Å². The van der Waals surface area contributed by atoms with Crippen molar-refractivity contribution in [1.29, 1.82) is 0 Å². The summed E-state index contributed by atoms with van der Waals surface area (Å²) in [7, 11) is 0.962. The number of carbonyl (C=O) groups is 1. The first-order valence-corrected chi connectivity index (χ1v) is 9.68. The van der Waals surface area contributed by atoms with Gasteiger partial charge in [-0.2, -0.15) is 0 Å². The summed E-state index contributed by atoms with van der Waals surface area (Å²) >= 11 is 0. The van der Waals surface area contributed by atoms with Crippen molar-refractivity contribution >= 4 is 20.0 Å². The van der Waals surface area contributed by atoms with E-state index in [1.54, 1.807) is 6.07 Å². The minimum absolute atomic E-state index is 0.0751. The van der Waals surface area contributed by atoms with E-state index in [4.69, 9.17) is 26.6 Å². The van der Waals surface area contributed by atoms with Crippen molar-refractivity contribution in [2.75, 3.05) is 13.1 Å². The van der Waals surface area contributed by atoms with E-state index in [1.807, 2.05) is 6.07 Å². The number of hydrogen-bond donors (Lipinski definition) is 4. The fourth-order valence-corrected chi connectivity index (χ4v) is 3.95. The molecule has 0 atom stereocenters. The first-order valence-electron chi connectivity index (χ1n) is 9.68. The summed E-state index contributed by atoms with van der Waals surface area (Å²) in [4.78, 5) is 11.5. The van der Waals surface area contributed by atoms with Gasteiger partial charge in [-0.3, -0.25) is 0 Å². The van der Waals surface area contributed by atoms with Gasteiger partial charge in [0.15, 0.2) is 0 Å². The van der Waals surface area contributed by atoms with E-state index in [0.29, 0.717) is 18.9 Å². The van der Waals surface area contributed by atoms with Crippen LogP contribution in [0.5, 0.6) is 5.75 Å². The number of nitrogens with two attached hydrogens (primary N) is 3. The second-order valence-corrected chi connectivity index (χ2v) is 7.41. The van der Waals surface area contributed by atoms with Crippen LogP contribution in [0.25, 0.3) is 0 Å². The molecule has 0 aliphatic heterocycles. The van der Waals surface area contributed by atoms with E-state index in [1.165, 1.54) is 6.07 Å². The number of carboxylic acids is 1. The monoisotopic (exact) mass is 389 g/mol. The van der Waals surface area contributed by atoms with Crippen LogP contribution in [-0.4, -0.2) is 38.2 Å². The van der Waals surface area contributed by atoms with Gasteiger partial charge in [0.05, 0.1) is 5.56 Å². The van der Waals surface area contributed by atoms with E-state index in [2.05, 4.69) is 5.16 Å². The highest BCUT2D eigenvalue weighted by Crippen LogP contribution is 2.42. The van der Waals surface area contributed by atoms with E-state index in [0.717, 1.165) is 64.7 Å². The van der Waals surface area contributed by atoms with Crippen molar-refractivity contribution in [3.63, 3.8) is 0 Å². The fraction of sp³-hybridized carbons (Fsp3) is 0.579. The smallest absolute Gasteiger partial charge is 0.524 e. The van der Waals surface area contributed by atoms with Crippen LogP contribution in [0.4, 0.5) is 0 Å². The van der Waals surface area contributed by atoms with E-state index in [9.17, 15) is 9.90 Å². The number of carboxylic acid groups (broad SMARTS) is 1. The van der Waals surface area contributed by atoms with Crippen molar-refractivity contribution < 1.29 is 19.3 Å². The molecule has 7 N–H and O–H groups in total. The van der Waals surface area contributed by atoms with Gasteiger partial charge >= 0.3 is 13.7 Å². The molecule has 0 saturated heterocycles. The third kappa shape index (κ3) is 5.87. The zero-order chi connectivity index (χ0) is 20.4. The lowest BCUT2D eigenvalue weighted by Gasteiger charge is -2.39. The van der Waals surface area contributed by atoms with Crippen LogP contribution < -0.4 is 21.9 Å². The first-order chi connectivity index (χ1) is 13.5. The summed E-state index contributed by atoms with van der Waals surface area (Å²) < 4.78 is 10.1. The van der Waals surface area contributed by atoms with Crippen LogP contribution in [-0.2, 0) is 11.2 Å². The minimum Gasteiger partial charge on any atom is -0.524 e. The number of nitrogens with zero attached hydrogens (tertiary/aromatic N) is 1. The summed E-state index contributed by atoms with van der Waals surface area (Å²) in [5, 5.41) is 12.8. The second kappa shape index (κ2) is 10.9. The van der Waals surface area contributed by atoms with Crippen molar-refractivity contribution in [3.05, 3.63) is 29.3 Å². The predicted molar refractivity (Wildman–Crippen MR) is 109 cm³/mol. The molecule has 1 aromatic carbocycles. The van der Waals surface area contributed by atoms with Gasteiger partial charge in [-0.05, 0) is 81.0 Å². The second-order valence-electron chi connectivity index (χ2n) is 7.41. The Labute approximate surface area is 166 Å². The summed E-state index contributed by atoms with van der Waals surface area (Å²) in [5.74, 6) is -0.194. The third-order valence-corrected chi connectivity index (χ3v) is 5.74. The van der Waals surface area contributed by atoms with Gasteiger partial charge in [0.1, 0.15) is 12.1 Å². The molecule has 1 aliphatic rings. The normalized spacial score (nSPS) is 22.1. The Balaban J connectivity index is 2.02. The lowest BCUT2D eigenvalue weighted by Crippen LogP contribution is -2.36. The molecule has 9 heteroatoms. The van der Waals surface area contributed by atoms with Crippen molar-refractivity contribution in [2.45, 2.75) is 44.9 Å². The number of aryl methyl sites for hydroxylation is 1. The molecule has 1 radical (unpaired) electrons. The Morgan fingerprint density at radius 3 is 2.71 bits per heavy atom. The third-order valence-electron chi connectivity index (χ3n) is 5.74. The van der Waals surface area contributed by atoms with Crippen LogP contribution in [0.3, 0.4) is 0 Å². The van der Waals surface area contributed by atoms with E-state index < -0.39 is 5.97 Å². The molecule has 28 heavy (non-hydrogen) atoms. The van der Waals surface area contributed by atoms with E-state index >= 15 is 0 Å². The zero-order valence-electron chi connectivity index (χ0n) is 16.2. The quantitative estimate of drug-likeness (QED) is 0.148. The Bertz CT molecular complexity index is 663. The van der Waals surface area contributed by atoms with Crippen molar-refractivity contribution in [2.24, 2.45) is 33.7 Å². The molecule has 1 saturated carbocycles. The highest BCUT2D eigenvalue weighted by molar-refractivity contribution is 6.19. The molecule has 8 nitrogen and oxygen atoms in total. The topological polar surface area (TPSA) is 146 Å². The lowest BCUT2D eigenvalue weighted by atomic mass is 9.68. The molecule has 1 aliphatic carbocycles. The Morgan fingerprint density at radius 2 is 2.11 bits per heavy atom. The number of benzene rings is 1. The summed E-state index contributed by atoms with van der Waals surface area (Å²) in [5.41, 5.74) is 18.0. The summed E-state index contributed by atoms with van der Waals surface area (Å²) in [6.45, 7) is 1.41. The SMILES string of the molecule is NC=NO[B]Oc1c(CCCC2(CN)CCC(CN)CC2)cccc1C(=O)O. The van der Waals surface area contributed by atoms with Crippen LogP contribution in [0.2, 0.25) is 0 Å². The lowest BCUT2D eigenvalue weighted by molar-refractivity contribution is 0.0694. The number of aromatic carboxylic acids is 1. The van der Waals surface area contributed by atoms with Gasteiger partial charge in [-0.25, -0.2) is 4.79 Å². The number of hydrogen-bond acceptors (Lipinski definition) is 6. The van der Waals surface area contributed by atoms with E-state index in [-0.39, 0.29) is 16.7 Å². The van der Waals surface area contributed by atoms with Gasteiger partial charge in [-0.1, -0.05) is 17.3 Å². The fourth-order valence-electron chi connectivity index (χ4n) is 3.95. The molecular weight excluding hydrogens is 359 g/mol.